The van der Waals surface area contributed by atoms with Crippen molar-refractivity contribution in [3.63, 3.8) is 0 Å². The third-order valence-corrected chi connectivity index (χ3v) is 4.59. The lowest BCUT2D eigenvalue weighted by molar-refractivity contribution is -0.141. The number of aryl methyl sites for hydroxylation is 3. The number of fused-ring (bicyclic) bond motifs is 1. The van der Waals surface area contributed by atoms with Crippen LogP contribution >= 0.6 is 0 Å². The Morgan fingerprint density at radius 2 is 2.16 bits per heavy atom. The minimum atomic E-state index is -4.43. The average molecular weight is 355 g/mol. The number of aromatic nitrogens is 4. The molecule has 2 aromatic heterocycles. The van der Waals surface area contributed by atoms with E-state index >= 15 is 0 Å². The van der Waals surface area contributed by atoms with E-state index in [1.165, 1.54) is 0 Å². The van der Waals surface area contributed by atoms with Gasteiger partial charge in [-0.25, -0.2) is 4.98 Å². The first-order valence-electron chi connectivity index (χ1n) is 8.04. The molecule has 2 aromatic rings. The maximum atomic E-state index is 12.8. The van der Waals surface area contributed by atoms with Gasteiger partial charge in [0.2, 0.25) is 0 Å². The van der Waals surface area contributed by atoms with Gasteiger partial charge in [-0.3, -0.25) is 9.48 Å². The molecule has 0 saturated heterocycles. The molecule has 1 amide bonds. The van der Waals surface area contributed by atoms with E-state index in [9.17, 15) is 18.0 Å². The van der Waals surface area contributed by atoms with Crippen LogP contribution in [0.3, 0.4) is 0 Å². The molecule has 9 heteroatoms. The molecule has 1 aliphatic heterocycles. The normalized spacial score (nSPS) is 17.4. The van der Waals surface area contributed by atoms with Crippen LogP contribution in [0, 0.1) is 12.8 Å². The van der Waals surface area contributed by atoms with Crippen molar-refractivity contribution in [1.82, 2.24) is 24.2 Å². The molecule has 1 aliphatic rings. The molecule has 0 bridgehead atoms. The Hall–Kier alpha value is -2.32. The molecule has 3 heterocycles. The summed E-state index contributed by atoms with van der Waals surface area (Å²) in [5.41, 5.74) is 0.412. The van der Waals surface area contributed by atoms with Gasteiger partial charge < -0.3 is 9.47 Å². The highest BCUT2D eigenvalue weighted by molar-refractivity contribution is 5.92. The van der Waals surface area contributed by atoms with E-state index in [1.54, 1.807) is 34.3 Å². The topological polar surface area (TPSA) is 56.0 Å². The molecular weight excluding hydrogens is 335 g/mol. The van der Waals surface area contributed by atoms with Crippen LogP contribution in [0.15, 0.2) is 12.3 Å². The first kappa shape index (κ1) is 17.5. The summed E-state index contributed by atoms with van der Waals surface area (Å²) < 4.78 is 41.5. The van der Waals surface area contributed by atoms with Gasteiger partial charge in [-0.1, -0.05) is 0 Å². The monoisotopic (exact) mass is 355 g/mol. The zero-order valence-electron chi connectivity index (χ0n) is 14.3. The SMILES string of the molecule is Cc1cc(C(=O)N(C)CC2CCc3nc(C(F)(F)F)cn3C2)nn1C. The van der Waals surface area contributed by atoms with Gasteiger partial charge in [0, 0.05) is 45.5 Å². The van der Waals surface area contributed by atoms with Crippen molar-refractivity contribution in [2.24, 2.45) is 13.0 Å². The third kappa shape index (κ3) is 3.54. The van der Waals surface area contributed by atoms with E-state index in [0.29, 0.717) is 37.4 Å². The molecule has 3 rings (SSSR count). The van der Waals surface area contributed by atoms with Gasteiger partial charge in [0.15, 0.2) is 11.4 Å². The highest BCUT2D eigenvalue weighted by Gasteiger charge is 2.36. The largest absolute Gasteiger partial charge is 0.434 e. The van der Waals surface area contributed by atoms with Gasteiger partial charge in [0.05, 0.1) is 0 Å². The molecule has 1 unspecified atom stereocenters. The van der Waals surface area contributed by atoms with Crippen molar-refractivity contribution >= 4 is 5.91 Å². The smallest absolute Gasteiger partial charge is 0.340 e. The number of rotatable bonds is 3. The molecule has 6 nitrogen and oxygen atoms in total. The summed E-state index contributed by atoms with van der Waals surface area (Å²) in [6.45, 7) is 2.76. The zero-order valence-corrected chi connectivity index (χ0v) is 14.3. The van der Waals surface area contributed by atoms with Crippen molar-refractivity contribution in [2.75, 3.05) is 13.6 Å². The summed E-state index contributed by atoms with van der Waals surface area (Å²) in [4.78, 5) is 17.7. The van der Waals surface area contributed by atoms with E-state index in [4.69, 9.17) is 0 Å². The first-order valence-corrected chi connectivity index (χ1v) is 8.04. The summed E-state index contributed by atoms with van der Waals surface area (Å²) in [6.07, 6.45) is -2.19. The Bertz CT molecular complexity index is 773. The molecule has 0 N–H and O–H groups in total. The van der Waals surface area contributed by atoms with Gasteiger partial charge in [0.25, 0.3) is 5.91 Å². The van der Waals surface area contributed by atoms with Crippen LogP contribution < -0.4 is 0 Å². The van der Waals surface area contributed by atoms with E-state index in [2.05, 4.69) is 10.1 Å². The minimum Gasteiger partial charge on any atom is -0.340 e. The second-order valence-electron chi connectivity index (χ2n) is 6.58. The fourth-order valence-corrected chi connectivity index (χ4v) is 3.13. The quantitative estimate of drug-likeness (QED) is 0.849. The molecule has 0 aromatic carbocycles. The third-order valence-electron chi connectivity index (χ3n) is 4.59. The Balaban J connectivity index is 1.66. The van der Waals surface area contributed by atoms with E-state index in [0.717, 1.165) is 11.9 Å². The van der Waals surface area contributed by atoms with E-state index < -0.39 is 11.9 Å². The average Bonchev–Trinajstić information content (AvgIpc) is 3.09. The molecule has 136 valence electrons. The standard InChI is InChI=1S/C16H20F3N5O/c1-10-6-12(21-23(10)3)15(25)22(2)7-11-4-5-14-20-13(16(17,18)19)9-24(14)8-11/h6,9,11H,4-5,7-8H2,1-3H3. The van der Waals surface area contributed by atoms with E-state index in [-0.39, 0.29) is 11.8 Å². The number of hydrogen-bond donors (Lipinski definition) is 0. The lowest BCUT2D eigenvalue weighted by Gasteiger charge is -2.27. The first-order chi connectivity index (χ1) is 11.6. The van der Waals surface area contributed by atoms with Crippen molar-refractivity contribution in [3.05, 3.63) is 35.2 Å². The van der Waals surface area contributed by atoms with Crippen LogP contribution in [-0.4, -0.2) is 43.7 Å². The number of carbonyl (C=O) groups excluding carboxylic acids is 1. The highest BCUT2D eigenvalue weighted by atomic mass is 19.4. The number of carbonyl (C=O) groups is 1. The molecule has 25 heavy (non-hydrogen) atoms. The Labute approximate surface area is 143 Å². The Kier molecular flexibility index (Phi) is 4.34. The van der Waals surface area contributed by atoms with Crippen molar-refractivity contribution < 1.29 is 18.0 Å². The van der Waals surface area contributed by atoms with Gasteiger partial charge in [-0.15, -0.1) is 0 Å². The lowest BCUT2D eigenvalue weighted by atomic mass is 9.99. The van der Waals surface area contributed by atoms with Crippen LogP contribution in [0.2, 0.25) is 0 Å². The van der Waals surface area contributed by atoms with Crippen LogP contribution in [0.1, 0.15) is 34.1 Å². The summed E-state index contributed by atoms with van der Waals surface area (Å²) in [6, 6.07) is 1.73. The second-order valence-corrected chi connectivity index (χ2v) is 6.58. The predicted molar refractivity (Wildman–Crippen MR) is 83.9 cm³/mol. The van der Waals surface area contributed by atoms with Gasteiger partial charge in [0.1, 0.15) is 5.82 Å². The summed E-state index contributed by atoms with van der Waals surface area (Å²) in [7, 11) is 3.46. The molecule has 0 aliphatic carbocycles. The number of hydrogen-bond acceptors (Lipinski definition) is 3. The lowest BCUT2D eigenvalue weighted by Crippen LogP contribution is -2.35. The highest BCUT2D eigenvalue weighted by Crippen LogP contribution is 2.30. The number of imidazole rings is 1. The Morgan fingerprint density at radius 3 is 2.76 bits per heavy atom. The maximum Gasteiger partial charge on any atom is 0.434 e. The number of nitrogens with zero attached hydrogens (tertiary/aromatic N) is 5. The molecule has 0 fully saturated rings. The van der Waals surface area contributed by atoms with Gasteiger partial charge >= 0.3 is 6.18 Å². The summed E-state index contributed by atoms with van der Waals surface area (Å²) in [5, 5.41) is 4.18. The van der Waals surface area contributed by atoms with Crippen molar-refractivity contribution in [2.45, 2.75) is 32.5 Å². The fourth-order valence-electron chi connectivity index (χ4n) is 3.13. The minimum absolute atomic E-state index is 0.0848. The zero-order chi connectivity index (χ0) is 18.4. The number of halogens is 3. The number of amides is 1. The molecule has 0 radical (unpaired) electrons. The fraction of sp³-hybridized carbons (Fsp3) is 0.562. The number of alkyl halides is 3. The molecule has 0 spiro atoms. The van der Waals surface area contributed by atoms with Gasteiger partial charge in [-0.05, 0) is 25.3 Å². The maximum absolute atomic E-state index is 12.8. The van der Waals surface area contributed by atoms with E-state index in [1.807, 2.05) is 6.92 Å². The molecule has 0 saturated carbocycles. The summed E-state index contributed by atoms with van der Waals surface area (Å²) >= 11 is 0. The van der Waals surface area contributed by atoms with Crippen LogP contribution in [0.4, 0.5) is 13.2 Å². The second kappa shape index (κ2) is 6.20. The predicted octanol–water partition coefficient (Wildman–Crippen LogP) is 2.28. The van der Waals surface area contributed by atoms with Crippen LogP contribution in [0.5, 0.6) is 0 Å². The van der Waals surface area contributed by atoms with Crippen molar-refractivity contribution in [1.29, 1.82) is 0 Å². The van der Waals surface area contributed by atoms with Crippen molar-refractivity contribution in [3.8, 4) is 0 Å². The molecule has 1 atom stereocenters. The van der Waals surface area contributed by atoms with Gasteiger partial charge in [-0.2, -0.15) is 18.3 Å². The Morgan fingerprint density at radius 1 is 1.44 bits per heavy atom. The van der Waals surface area contributed by atoms with Crippen LogP contribution in [0.25, 0.3) is 0 Å². The summed E-state index contributed by atoms with van der Waals surface area (Å²) in [5.74, 6) is 0.357. The molecular formula is C16H20F3N5O. The van der Waals surface area contributed by atoms with Crippen LogP contribution in [-0.2, 0) is 26.2 Å².